The Hall–Kier alpha value is -3.99. The third kappa shape index (κ3) is 4.78. The number of benzene rings is 1. The number of aromatic hydroxyl groups is 1. The van der Waals surface area contributed by atoms with Crippen LogP contribution in [0.1, 0.15) is 11.8 Å². The van der Waals surface area contributed by atoms with E-state index in [1.807, 2.05) is 0 Å². The molecule has 0 spiro atoms. The standard InChI is InChI=1S/C22H22N7O10P/c23-18-15-19(25-7-24-18)29(8-26-15)21-17(32)16(31)14(38-21)6-37-40(34,35)39-22(33)13-5-36-20(28-13)12-4-9-3-10(30)1-2-11(9)27-12/h1-3,7-8,13-14,16-17,21,30-32H,4-6H2,(H,34,35)(H2,23,24,25)/t13?,14?,16-,17-,21-/m1/s1. The molecule has 5 heterocycles. The summed E-state index contributed by atoms with van der Waals surface area (Å²) in [6.45, 7) is -0.961. The molecule has 3 unspecified atom stereocenters. The number of carbonyl (C=O) groups excluding carboxylic acids is 1. The second-order valence-corrected chi connectivity index (χ2v) is 10.5. The first-order valence-corrected chi connectivity index (χ1v) is 13.3. The summed E-state index contributed by atoms with van der Waals surface area (Å²) in [4.78, 5) is 43.0. The molecular weight excluding hydrogens is 553 g/mol. The van der Waals surface area contributed by atoms with Crippen LogP contribution in [0.4, 0.5) is 11.5 Å². The van der Waals surface area contributed by atoms with Crippen molar-refractivity contribution in [2.45, 2.75) is 37.0 Å². The topological polar surface area (TPSA) is 246 Å². The van der Waals surface area contributed by atoms with Crippen molar-refractivity contribution < 1.29 is 48.1 Å². The van der Waals surface area contributed by atoms with Gasteiger partial charge in [-0.1, -0.05) is 0 Å². The van der Waals surface area contributed by atoms with Crippen molar-refractivity contribution in [1.29, 1.82) is 0 Å². The molecule has 210 valence electrons. The number of hydrogen-bond donors (Lipinski definition) is 5. The van der Waals surface area contributed by atoms with E-state index in [1.54, 1.807) is 12.1 Å². The fourth-order valence-electron chi connectivity index (χ4n) is 4.49. The number of ether oxygens (including phenoxy) is 2. The van der Waals surface area contributed by atoms with Crippen LogP contribution in [-0.4, -0.2) is 94.9 Å². The zero-order valence-corrected chi connectivity index (χ0v) is 21.2. The molecule has 1 aromatic carbocycles. The van der Waals surface area contributed by atoms with Gasteiger partial charge in [-0.2, -0.15) is 0 Å². The smallest absolute Gasteiger partial charge is 0.508 e. The highest BCUT2D eigenvalue weighted by molar-refractivity contribution is 7.48. The van der Waals surface area contributed by atoms with Gasteiger partial charge in [0.2, 0.25) is 5.90 Å². The summed E-state index contributed by atoms with van der Waals surface area (Å²) in [5.41, 5.74) is 8.07. The highest BCUT2D eigenvalue weighted by Crippen LogP contribution is 2.45. The molecule has 0 aliphatic carbocycles. The van der Waals surface area contributed by atoms with Gasteiger partial charge in [-0.15, -0.1) is 0 Å². The number of phosphoric acid groups is 1. The second-order valence-electron chi connectivity index (χ2n) is 9.11. The third-order valence-electron chi connectivity index (χ3n) is 6.45. The van der Waals surface area contributed by atoms with Gasteiger partial charge in [0.1, 0.15) is 48.2 Å². The van der Waals surface area contributed by atoms with E-state index in [0.717, 1.165) is 5.56 Å². The zero-order valence-electron chi connectivity index (χ0n) is 20.3. The average molecular weight is 575 g/mol. The molecule has 1 fully saturated rings. The number of aliphatic hydroxyl groups excluding tert-OH is 2. The minimum atomic E-state index is -4.99. The lowest BCUT2D eigenvalue weighted by Crippen LogP contribution is -2.33. The summed E-state index contributed by atoms with van der Waals surface area (Å²) in [6, 6.07) is 3.43. The first kappa shape index (κ1) is 26.2. The van der Waals surface area contributed by atoms with Gasteiger partial charge in [-0.25, -0.2) is 34.3 Å². The summed E-state index contributed by atoms with van der Waals surface area (Å²) in [5.74, 6) is -0.916. The van der Waals surface area contributed by atoms with Crippen molar-refractivity contribution in [3.05, 3.63) is 36.4 Å². The van der Waals surface area contributed by atoms with Gasteiger partial charge in [0.15, 0.2) is 23.7 Å². The van der Waals surface area contributed by atoms with Gasteiger partial charge in [0.05, 0.1) is 18.6 Å². The number of phosphoric ester groups is 1. The van der Waals surface area contributed by atoms with Crippen LogP contribution in [0.5, 0.6) is 5.75 Å². The van der Waals surface area contributed by atoms with Crippen LogP contribution in [0.3, 0.4) is 0 Å². The Kier molecular flexibility index (Phi) is 6.48. The van der Waals surface area contributed by atoms with Crippen LogP contribution in [-0.2, 0) is 34.3 Å². The van der Waals surface area contributed by atoms with Crippen LogP contribution in [0.2, 0.25) is 0 Å². The van der Waals surface area contributed by atoms with E-state index in [0.29, 0.717) is 17.8 Å². The van der Waals surface area contributed by atoms with Crippen molar-refractivity contribution in [2.24, 2.45) is 9.98 Å². The molecule has 18 heteroatoms. The van der Waals surface area contributed by atoms with Crippen LogP contribution >= 0.6 is 7.82 Å². The number of anilines is 1. The number of nitrogens with zero attached hydrogens (tertiary/aromatic N) is 6. The number of aromatic nitrogens is 4. The Morgan fingerprint density at radius 3 is 2.88 bits per heavy atom. The molecule has 0 bridgehead atoms. The SMILES string of the molecule is Nc1ncnc2c1ncn2[C@@H]1OC(COP(=O)(O)OC(=O)C2COC(C3=Nc4ccc(O)cc4C3)=N2)[C@@H](O)[C@H]1O. The number of imidazole rings is 1. The molecule has 6 rings (SSSR count). The van der Waals surface area contributed by atoms with E-state index >= 15 is 0 Å². The van der Waals surface area contributed by atoms with E-state index in [-0.39, 0.29) is 35.2 Å². The Morgan fingerprint density at radius 1 is 1.23 bits per heavy atom. The Labute approximate surface area is 224 Å². The molecule has 0 radical (unpaired) electrons. The molecule has 17 nitrogen and oxygen atoms in total. The lowest BCUT2D eigenvalue weighted by atomic mass is 10.1. The molecule has 6 N–H and O–H groups in total. The monoisotopic (exact) mass is 575 g/mol. The number of carbonyl (C=O) groups is 1. The molecule has 40 heavy (non-hydrogen) atoms. The number of hydrogen-bond acceptors (Lipinski definition) is 15. The summed E-state index contributed by atoms with van der Waals surface area (Å²) >= 11 is 0. The fraction of sp³-hybridized carbons (Fsp3) is 0.364. The largest absolute Gasteiger partial charge is 0.529 e. The quantitative estimate of drug-likeness (QED) is 0.223. The summed E-state index contributed by atoms with van der Waals surface area (Å²) < 4.78 is 34.4. The number of aliphatic imine (C=N–C) groups is 2. The van der Waals surface area contributed by atoms with Crippen LogP contribution in [0, 0.1) is 0 Å². The van der Waals surface area contributed by atoms with E-state index in [1.165, 1.54) is 23.3 Å². The predicted molar refractivity (Wildman–Crippen MR) is 134 cm³/mol. The molecule has 3 aliphatic rings. The van der Waals surface area contributed by atoms with Crippen molar-refractivity contribution in [2.75, 3.05) is 18.9 Å². The molecule has 3 aliphatic heterocycles. The molecule has 0 saturated carbocycles. The molecule has 1 saturated heterocycles. The number of phenolic OH excluding ortho intramolecular Hbond substituents is 1. The van der Waals surface area contributed by atoms with Gasteiger partial charge in [-0.3, -0.25) is 14.0 Å². The maximum absolute atomic E-state index is 12.5. The Morgan fingerprint density at radius 2 is 2.05 bits per heavy atom. The number of rotatable bonds is 7. The van der Waals surface area contributed by atoms with Crippen LogP contribution in [0.15, 0.2) is 40.8 Å². The van der Waals surface area contributed by atoms with Crippen molar-refractivity contribution in [1.82, 2.24) is 19.5 Å². The minimum absolute atomic E-state index is 0.0768. The average Bonchev–Trinajstić information content (AvgIpc) is 3.69. The van der Waals surface area contributed by atoms with E-state index in [4.69, 9.17) is 19.7 Å². The number of aliphatic hydroxyl groups is 2. The van der Waals surface area contributed by atoms with Crippen LogP contribution in [0.25, 0.3) is 11.2 Å². The van der Waals surface area contributed by atoms with Crippen molar-refractivity contribution in [3.63, 3.8) is 0 Å². The van der Waals surface area contributed by atoms with Crippen LogP contribution < -0.4 is 5.73 Å². The third-order valence-corrected chi connectivity index (χ3v) is 7.34. The minimum Gasteiger partial charge on any atom is -0.508 e. The van der Waals surface area contributed by atoms with E-state index < -0.39 is 51.0 Å². The number of nitrogen functional groups attached to an aromatic ring is 1. The van der Waals surface area contributed by atoms with Crippen molar-refractivity contribution >= 4 is 48.1 Å². The van der Waals surface area contributed by atoms with Gasteiger partial charge >= 0.3 is 13.8 Å². The fourth-order valence-corrected chi connectivity index (χ4v) is 5.22. The summed E-state index contributed by atoms with van der Waals surface area (Å²) in [5, 5.41) is 30.6. The highest BCUT2D eigenvalue weighted by Gasteiger charge is 2.46. The first-order valence-electron chi connectivity index (χ1n) is 11.9. The van der Waals surface area contributed by atoms with Gasteiger partial charge in [-0.05, 0) is 23.8 Å². The highest BCUT2D eigenvalue weighted by atomic mass is 31.2. The Bertz CT molecular complexity index is 1610. The Balaban J connectivity index is 1.06. The summed E-state index contributed by atoms with van der Waals surface area (Å²) in [6.07, 6.45) is -2.68. The number of phenols is 1. The first-order chi connectivity index (χ1) is 19.1. The molecule has 0 amide bonds. The maximum Gasteiger partial charge on any atom is 0.529 e. The molecule has 3 aromatic rings. The lowest BCUT2D eigenvalue weighted by Gasteiger charge is -2.17. The van der Waals surface area contributed by atoms with Crippen molar-refractivity contribution in [3.8, 4) is 5.75 Å². The zero-order chi connectivity index (χ0) is 28.2. The van der Waals surface area contributed by atoms with Gasteiger partial charge in [0, 0.05) is 6.42 Å². The normalized spacial score (nSPS) is 27.1. The maximum atomic E-state index is 12.5. The second kappa shape index (κ2) is 9.88. The number of fused-ring (bicyclic) bond motifs is 2. The molecule has 6 atom stereocenters. The van der Waals surface area contributed by atoms with Gasteiger partial charge < -0.3 is 35.1 Å². The van der Waals surface area contributed by atoms with Gasteiger partial charge in [0.25, 0.3) is 0 Å². The number of nitrogens with two attached hydrogens (primary N) is 1. The van der Waals surface area contributed by atoms with E-state index in [9.17, 15) is 29.6 Å². The predicted octanol–water partition coefficient (Wildman–Crippen LogP) is -0.480. The molecule has 2 aromatic heterocycles. The lowest BCUT2D eigenvalue weighted by molar-refractivity contribution is -0.138. The molecular formula is C22H22N7O10P. The van der Waals surface area contributed by atoms with E-state index in [2.05, 4.69) is 29.5 Å². The summed E-state index contributed by atoms with van der Waals surface area (Å²) in [7, 11) is -4.99.